The highest BCUT2D eigenvalue weighted by atomic mass is 16.5. The van der Waals surface area contributed by atoms with Crippen LogP contribution in [-0.2, 0) is 4.74 Å². The zero-order chi connectivity index (χ0) is 10.4. The molecule has 0 heterocycles. The Kier molecular flexibility index (Phi) is 3.79. The number of nitrogens with two attached hydrogens (primary N) is 1. The molecule has 14 heavy (non-hydrogen) atoms. The van der Waals surface area contributed by atoms with Gasteiger partial charge in [0.1, 0.15) is 0 Å². The Bertz CT molecular complexity index is 313. The normalized spacial score (nSPS) is 9.50. The van der Waals surface area contributed by atoms with Crippen molar-refractivity contribution in [2.75, 3.05) is 17.7 Å². The largest absolute Gasteiger partial charge is 0.449 e. The van der Waals surface area contributed by atoms with Crippen LogP contribution in [0.15, 0.2) is 24.3 Å². The van der Waals surface area contributed by atoms with Crippen molar-refractivity contribution in [3.63, 3.8) is 0 Å². The van der Waals surface area contributed by atoms with Gasteiger partial charge in [-0.15, -0.1) is 0 Å². The number of amides is 1. The molecule has 0 saturated carbocycles. The van der Waals surface area contributed by atoms with Crippen LogP contribution in [0.1, 0.15) is 13.3 Å². The molecule has 0 fully saturated rings. The van der Waals surface area contributed by atoms with Gasteiger partial charge < -0.3 is 10.5 Å². The summed E-state index contributed by atoms with van der Waals surface area (Å²) in [6.45, 7) is 2.36. The first kappa shape index (κ1) is 10.4. The molecule has 0 aliphatic rings. The van der Waals surface area contributed by atoms with Crippen LogP contribution in [0.4, 0.5) is 16.2 Å². The first-order valence-corrected chi connectivity index (χ1v) is 4.51. The molecule has 0 spiro atoms. The number of nitrogens with one attached hydrogen (secondary N) is 1. The molecule has 4 nitrogen and oxygen atoms in total. The molecule has 0 aromatic heterocycles. The van der Waals surface area contributed by atoms with Gasteiger partial charge in [-0.2, -0.15) is 0 Å². The Balaban J connectivity index is 2.47. The zero-order valence-electron chi connectivity index (χ0n) is 8.12. The first-order valence-electron chi connectivity index (χ1n) is 4.51. The summed E-state index contributed by atoms with van der Waals surface area (Å²) in [6.07, 6.45) is 0.363. The number of carbonyl (C=O) groups is 1. The Hall–Kier alpha value is -1.71. The number of nitrogen functional groups attached to an aromatic ring is 1. The van der Waals surface area contributed by atoms with Crippen molar-refractivity contribution >= 4 is 17.5 Å². The Morgan fingerprint density at radius 3 is 3.00 bits per heavy atom. The number of hydrogen-bond acceptors (Lipinski definition) is 3. The van der Waals surface area contributed by atoms with E-state index >= 15 is 0 Å². The molecule has 0 radical (unpaired) electrons. The van der Waals surface area contributed by atoms with Gasteiger partial charge in [0.05, 0.1) is 6.61 Å². The highest BCUT2D eigenvalue weighted by Crippen LogP contribution is 2.11. The Morgan fingerprint density at radius 1 is 1.57 bits per heavy atom. The van der Waals surface area contributed by atoms with E-state index in [0.29, 0.717) is 18.0 Å². The van der Waals surface area contributed by atoms with Crippen molar-refractivity contribution in [2.45, 2.75) is 13.3 Å². The molecular formula is C10H14N2O2. The molecule has 0 aliphatic carbocycles. The molecule has 1 aromatic rings. The summed E-state index contributed by atoms with van der Waals surface area (Å²) in [5, 5.41) is 2.58. The van der Waals surface area contributed by atoms with Crippen LogP contribution in [0.25, 0.3) is 0 Å². The highest BCUT2D eigenvalue weighted by molar-refractivity contribution is 5.85. The molecule has 76 valence electrons. The fraction of sp³-hybridized carbons (Fsp3) is 0.300. The maximum Gasteiger partial charge on any atom is 0.411 e. The third-order valence-corrected chi connectivity index (χ3v) is 1.57. The van der Waals surface area contributed by atoms with E-state index in [1.807, 2.05) is 6.92 Å². The van der Waals surface area contributed by atoms with Gasteiger partial charge >= 0.3 is 6.09 Å². The van der Waals surface area contributed by atoms with Crippen LogP contribution in [0.5, 0.6) is 0 Å². The standard InChI is InChI=1S/C10H14N2O2/c1-2-6-14-10(13)12-9-5-3-4-8(11)7-9/h3-5,7H,2,6,11H2,1H3,(H,12,13). The predicted molar refractivity (Wildman–Crippen MR) is 56.1 cm³/mol. The zero-order valence-corrected chi connectivity index (χ0v) is 8.12. The minimum atomic E-state index is -0.447. The molecule has 1 aromatic carbocycles. The molecule has 0 atom stereocenters. The van der Waals surface area contributed by atoms with Crippen molar-refractivity contribution < 1.29 is 9.53 Å². The van der Waals surface area contributed by atoms with Crippen molar-refractivity contribution in [3.8, 4) is 0 Å². The van der Waals surface area contributed by atoms with Crippen LogP contribution in [-0.4, -0.2) is 12.7 Å². The molecule has 0 saturated heterocycles. The van der Waals surface area contributed by atoms with E-state index in [9.17, 15) is 4.79 Å². The molecule has 0 aliphatic heterocycles. The third kappa shape index (κ3) is 3.35. The average molecular weight is 194 g/mol. The van der Waals surface area contributed by atoms with E-state index in [0.717, 1.165) is 6.42 Å². The fourth-order valence-electron chi connectivity index (χ4n) is 0.965. The summed E-state index contributed by atoms with van der Waals surface area (Å²) in [7, 11) is 0. The van der Waals surface area contributed by atoms with Crippen molar-refractivity contribution in [3.05, 3.63) is 24.3 Å². The van der Waals surface area contributed by atoms with Crippen LogP contribution in [0.2, 0.25) is 0 Å². The van der Waals surface area contributed by atoms with Gasteiger partial charge in [0.2, 0.25) is 0 Å². The van der Waals surface area contributed by atoms with Crippen LogP contribution in [0, 0.1) is 0 Å². The Labute approximate surface area is 83.1 Å². The van der Waals surface area contributed by atoms with Gasteiger partial charge in [-0.1, -0.05) is 13.0 Å². The molecular weight excluding hydrogens is 180 g/mol. The summed E-state index contributed by atoms with van der Waals surface area (Å²) in [5.74, 6) is 0. The SMILES string of the molecule is CCCOC(=O)Nc1cccc(N)c1. The summed E-state index contributed by atoms with van der Waals surface area (Å²) in [4.78, 5) is 11.1. The van der Waals surface area contributed by atoms with E-state index in [1.54, 1.807) is 24.3 Å². The quantitative estimate of drug-likeness (QED) is 0.725. The van der Waals surface area contributed by atoms with E-state index in [4.69, 9.17) is 10.5 Å². The lowest BCUT2D eigenvalue weighted by Crippen LogP contribution is -2.14. The van der Waals surface area contributed by atoms with Crippen LogP contribution < -0.4 is 11.1 Å². The molecule has 0 unspecified atom stereocenters. The average Bonchev–Trinajstić information content (AvgIpc) is 2.15. The van der Waals surface area contributed by atoms with Gasteiger partial charge in [0.15, 0.2) is 0 Å². The summed E-state index contributed by atoms with van der Waals surface area (Å²) in [6, 6.07) is 6.95. The van der Waals surface area contributed by atoms with E-state index in [-0.39, 0.29) is 0 Å². The second kappa shape index (κ2) is 5.11. The fourth-order valence-corrected chi connectivity index (χ4v) is 0.965. The molecule has 1 rings (SSSR count). The maximum absolute atomic E-state index is 11.1. The lowest BCUT2D eigenvalue weighted by Gasteiger charge is -2.05. The molecule has 4 heteroatoms. The van der Waals surface area contributed by atoms with Gasteiger partial charge in [-0.25, -0.2) is 4.79 Å². The predicted octanol–water partition coefficient (Wildman–Crippen LogP) is 2.23. The smallest absolute Gasteiger partial charge is 0.411 e. The first-order chi connectivity index (χ1) is 6.72. The summed E-state index contributed by atoms with van der Waals surface area (Å²) < 4.78 is 4.84. The van der Waals surface area contributed by atoms with Gasteiger partial charge in [-0.05, 0) is 24.6 Å². The van der Waals surface area contributed by atoms with Crippen LogP contribution >= 0.6 is 0 Å². The number of ether oxygens (including phenoxy) is 1. The monoisotopic (exact) mass is 194 g/mol. The van der Waals surface area contributed by atoms with Gasteiger partial charge in [-0.3, -0.25) is 5.32 Å². The molecule has 3 N–H and O–H groups in total. The summed E-state index contributed by atoms with van der Waals surface area (Å²) in [5.41, 5.74) is 6.80. The lowest BCUT2D eigenvalue weighted by molar-refractivity contribution is 0.161. The van der Waals surface area contributed by atoms with E-state index in [2.05, 4.69) is 5.32 Å². The topological polar surface area (TPSA) is 64.3 Å². The second-order valence-electron chi connectivity index (χ2n) is 2.89. The highest BCUT2D eigenvalue weighted by Gasteiger charge is 2.01. The van der Waals surface area contributed by atoms with E-state index < -0.39 is 6.09 Å². The molecule has 0 bridgehead atoms. The lowest BCUT2D eigenvalue weighted by atomic mass is 10.3. The van der Waals surface area contributed by atoms with Crippen molar-refractivity contribution in [2.24, 2.45) is 0 Å². The van der Waals surface area contributed by atoms with E-state index in [1.165, 1.54) is 0 Å². The third-order valence-electron chi connectivity index (χ3n) is 1.57. The number of rotatable bonds is 3. The minimum absolute atomic E-state index is 0.425. The minimum Gasteiger partial charge on any atom is -0.449 e. The van der Waals surface area contributed by atoms with Crippen molar-refractivity contribution in [1.82, 2.24) is 0 Å². The number of benzene rings is 1. The number of anilines is 2. The number of hydrogen-bond donors (Lipinski definition) is 2. The Morgan fingerprint density at radius 2 is 2.36 bits per heavy atom. The maximum atomic E-state index is 11.1. The van der Waals surface area contributed by atoms with Gasteiger partial charge in [0.25, 0.3) is 0 Å². The second-order valence-corrected chi connectivity index (χ2v) is 2.89. The van der Waals surface area contributed by atoms with Crippen molar-refractivity contribution in [1.29, 1.82) is 0 Å². The van der Waals surface area contributed by atoms with Crippen LogP contribution in [0.3, 0.4) is 0 Å². The summed E-state index contributed by atoms with van der Waals surface area (Å²) >= 11 is 0. The number of carbonyl (C=O) groups excluding carboxylic acids is 1. The molecule has 1 amide bonds. The van der Waals surface area contributed by atoms with Gasteiger partial charge in [0, 0.05) is 11.4 Å².